The lowest BCUT2D eigenvalue weighted by molar-refractivity contribution is 0.256. The molecule has 2 N–H and O–H groups in total. The first-order valence-corrected chi connectivity index (χ1v) is 10.9. The maximum Gasteiger partial charge on any atom is 0.191 e. The molecule has 0 aliphatic carbocycles. The van der Waals surface area contributed by atoms with Crippen molar-refractivity contribution in [3.8, 4) is 0 Å². The first-order chi connectivity index (χ1) is 14.1. The van der Waals surface area contributed by atoms with Crippen LogP contribution in [-0.4, -0.2) is 48.1 Å². The highest BCUT2D eigenvalue weighted by Gasteiger charge is 2.28. The molecular weight excluding hydrogens is 382 g/mol. The normalized spacial score (nSPS) is 20.0. The Labute approximate surface area is 179 Å². The fourth-order valence-corrected chi connectivity index (χ4v) is 3.94. The van der Waals surface area contributed by atoms with E-state index in [9.17, 15) is 0 Å². The summed E-state index contributed by atoms with van der Waals surface area (Å²) in [5.41, 5.74) is 2.55. The minimum Gasteiger partial charge on any atom is -0.357 e. The summed E-state index contributed by atoms with van der Waals surface area (Å²) in [4.78, 5) is 11.6. The molecule has 1 aromatic carbocycles. The fourth-order valence-electron chi connectivity index (χ4n) is 3.83. The fraction of sp³-hybridized carbons (Fsp3) is 0.478. The molecule has 5 nitrogen and oxygen atoms in total. The van der Waals surface area contributed by atoms with Crippen molar-refractivity contribution in [2.75, 3.05) is 26.2 Å². The van der Waals surface area contributed by atoms with E-state index in [0.717, 1.165) is 45.1 Å². The van der Waals surface area contributed by atoms with Gasteiger partial charge in [0.1, 0.15) is 5.15 Å². The molecular formula is C23H32ClN5. The zero-order valence-corrected chi connectivity index (χ0v) is 18.2. The second kappa shape index (κ2) is 11.2. The average Bonchev–Trinajstić information content (AvgIpc) is 3.07. The van der Waals surface area contributed by atoms with Crippen LogP contribution < -0.4 is 10.6 Å². The second-order valence-corrected chi connectivity index (χ2v) is 8.14. The van der Waals surface area contributed by atoms with Gasteiger partial charge in [-0.05, 0) is 49.8 Å². The first kappa shape index (κ1) is 21.6. The summed E-state index contributed by atoms with van der Waals surface area (Å²) in [5, 5.41) is 7.32. The van der Waals surface area contributed by atoms with Gasteiger partial charge in [0.05, 0.1) is 0 Å². The lowest BCUT2D eigenvalue weighted by Crippen LogP contribution is -2.38. The zero-order chi connectivity index (χ0) is 20.5. The predicted octanol–water partition coefficient (Wildman–Crippen LogP) is 3.74. The summed E-state index contributed by atoms with van der Waals surface area (Å²) in [6.45, 7) is 9.08. The Hall–Kier alpha value is -2.11. The van der Waals surface area contributed by atoms with Gasteiger partial charge in [0, 0.05) is 45.0 Å². The van der Waals surface area contributed by atoms with Crippen molar-refractivity contribution in [1.29, 1.82) is 0 Å². The van der Waals surface area contributed by atoms with E-state index in [1.54, 1.807) is 0 Å². The second-order valence-electron chi connectivity index (χ2n) is 7.75. The largest absolute Gasteiger partial charge is 0.357 e. The Kier molecular flexibility index (Phi) is 8.32. The highest BCUT2D eigenvalue weighted by atomic mass is 35.5. The SMILES string of the molecule is CCNC(=NCC1CC(C)N(Cc2ccccc2)C1)NCCc1ccc(Cl)nc1. The number of nitrogens with zero attached hydrogens (tertiary/aromatic N) is 3. The minimum absolute atomic E-state index is 0.531. The number of hydrogen-bond acceptors (Lipinski definition) is 3. The molecule has 1 fully saturated rings. The van der Waals surface area contributed by atoms with Crippen molar-refractivity contribution in [2.45, 2.75) is 39.3 Å². The highest BCUT2D eigenvalue weighted by Crippen LogP contribution is 2.25. The van der Waals surface area contributed by atoms with Crippen molar-refractivity contribution in [1.82, 2.24) is 20.5 Å². The third-order valence-corrected chi connectivity index (χ3v) is 5.59. The molecule has 0 amide bonds. The maximum absolute atomic E-state index is 5.85. The van der Waals surface area contributed by atoms with Gasteiger partial charge in [-0.1, -0.05) is 48.0 Å². The quantitative estimate of drug-likeness (QED) is 0.393. The maximum atomic E-state index is 5.85. The van der Waals surface area contributed by atoms with Gasteiger partial charge in [0.15, 0.2) is 5.96 Å². The molecule has 156 valence electrons. The summed E-state index contributed by atoms with van der Waals surface area (Å²) >= 11 is 5.85. The molecule has 1 aliphatic heterocycles. The van der Waals surface area contributed by atoms with Crippen molar-refractivity contribution in [3.05, 3.63) is 64.9 Å². The topological polar surface area (TPSA) is 52.6 Å². The van der Waals surface area contributed by atoms with Gasteiger partial charge in [0.2, 0.25) is 0 Å². The monoisotopic (exact) mass is 413 g/mol. The Morgan fingerprint density at radius 1 is 1.17 bits per heavy atom. The van der Waals surface area contributed by atoms with Crippen LogP contribution in [0.1, 0.15) is 31.4 Å². The van der Waals surface area contributed by atoms with Crippen LogP contribution in [0.4, 0.5) is 0 Å². The van der Waals surface area contributed by atoms with E-state index < -0.39 is 0 Å². The summed E-state index contributed by atoms with van der Waals surface area (Å²) in [5.74, 6) is 1.49. The van der Waals surface area contributed by atoms with E-state index in [0.29, 0.717) is 17.1 Å². The van der Waals surface area contributed by atoms with Crippen LogP contribution >= 0.6 is 11.6 Å². The smallest absolute Gasteiger partial charge is 0.191 e. The number of hydrogen-bond donors (Lipinski definition) is 2. The number of likely N-dealkylation sites (tertiary alicyclic amines) is 1. The number of halogens is 1. The Balaban J connectivity index is 1.47. The summed E-state index contributed by atoms with van der Waals surface area (Å²) in [6.07, 6.45) is 3.92. The average molecular weight is 414 g/mol. The van der Waals surface area contributed by atoms with Crippen LogP contribution in [-0.2, 0) is 13.0 Å². The number of rotatable bonds is 8. The van der Waals surface area contributed by atoms with Crippen molar-refractivity contribution >= 4 is 17.6 Å². The summed E-state index contributed by atoms with van der Waals surface area (Å²) < 4.78 is 0. The molecule has 0 spiro atoms. The number of benzene rings is 1. The number of aliphatic imine (C=N–C) groups is 1. The number of guanidine groups is 1. The molecule has 1 saturated heterocycles. The molecule has 0 radical (unpaired) electrons. The molecule has 1 aromatic heterocycles. The van der Waals surface area contributed by atoms with Crippen molar-refractivity contribution in [2.24, 2.45) is 10.9 Å². The zero-order valence-electron chi connectivity index (χ0n) is 17.4. The molecule has 1 aliphatic rings. The molecule has 0 bridgehead atoms. The van der Waals surface area contributed by atoms with Gasteiger partial charge in [-0.15, -0.1) is 0 Å². The van der Waals surface area contributed by atoms with Gasteiger partial charge < -0.3 is 10.6 Å². The molecule has 2 aromatic rings. The van der Waals surface area contributed by atoms with Crippen LogP contribution in [0, 0.1) is 5.92 Å². The van der Waals surface area contributed by atoms with Crippen LogP contribution in [0.15, 0.2) is 53.7 Å². The Morgan fingerprint density at radius 3 is 2.72 bits per heavy atom. The summed E-state index contributed by atoms with van der Waals surface area (Å²) in [6, 6.07) is 15.2. The van der Waals surface area contributed by atoms with Gasteiger partial charge in [-0.2, -0.15) is 0 Å². The van der Waals surface area contributed by atoms with Crippen molar-refractivity contribution < 1.29 is 0 Å². The minimum atomic E-state index is 0.531. The third-order valence-electron chi connectivity index (χ3n) is 5.37. The standard InChI is InChI=1S/C23H32ClN5/c1-3-25-23(26-12-11-19-9-10-22(24)27-14-19)28-15-21-13-18(2)29(17-21)16-20-7-5-4-6-8-20/h4-10,14,18,21H,3,11-13,15-17H2,1-2H3,(H2,25,26,28). The molecule has 29 heavy (non-hydrogen) atoms. The van der Waals surface area contributed by atoms with Crippen LogP contribution in [0.3, 0.4) is 0 Å². The van der Waals surface area contributed by atoms with E-state index in [1.165, 1.54) is 17.5 Å². The molecule has 2 unspecified atom stereocenters. The molecule has 2 heterocycles. The van der Waals surface area contributed by atoms with E-state index in [-0.39, 0.29) is 0 Å². The molecule has 2 atom stereocenters. The highest BCUT2D eigenvalue weighted by molar-refractivity contribution is 6.29. The van der Waals surface area contributed by atoms with Gasteiger partial charge in [-0.3, -0.25) is 9.89 Å². The number of aromatic nitrogens is 1. The Bertz CT molecular complexity index is 763. The summed E-state index contributed by atoms with van der Waals surface area (Å²) in [7, 11) is 0. The molecule has 6 heteroatoms. The molecule has 0 saturated carbocycles. The lowest BCUT2D eigenvalue weighted by atomic mass is 10.1. The van der Waals surface area contributed by atoms with Gasteiger partial charge in [-0.25, -0.2) is 4.98 Å². The van der Waals surface area contributed by atoms with Gasteiger partial charge >= 0.3 is 0 Å². The van der Waals surface area contributed by atoms with E-state index >= 15 is 0 Å². The lowest BCUT2D eigenvalue weighted by Gasteiger charge is -2.20. The third kappa shape index (κ3) is 7.02. The van der Waals surface area contributed by atoms with E-state index in [2.05, 4.69) is 64.7 Å². The van der Waals surface area contributed by atoms with Crippen LogP contribution in [0.25, 0.3) is 0 Å². The first-order valence-electron chi connectivity index (χ1n) is 10.5. The van der Waals surface area contributed by atoms with Crippen LogP contribution in [0.2, 0.25) is 5.15 Å². The number of nitrogens with one attached hydrogen (secondary N) is 2. The predicted molar refractivity (Wildman–Crippen MR) is 121 cm³/mol. The van der Waals surface area contributed by atoms with E-state index in [4.69, 9.17) is 16.6 Å². The molecule has 3 rings (SSSR count). The van der Waals surface area contributed by atoms with Crippen LogP contribution in [0.5, 0.6) is 0 Å². The van der Waals surface area contributed by atoms with Crippen molar-refractivity contribution in [3.63, 3.8) is 0 Å². The van der Waals surface area contributed by atoms with E-state index in [1.807, 2.05) is 18.3 Å². The Morgan fingerprint density at radius 2 is 2.00 bits per heavy atom. The number of pyridine rings is 1. The van der Waals surface area contributed by atoms with Gasteiger partial charge in [0.25, 0.3) is 0 Å².